The van der Waals surface area contributed by atoms with Gasteiger partial charge in [-0.2, -0.15) is 0 Å². The molecule has 4 heteroatoms. The molecule has 1 aromatic rings. The minimum absolute atomic E-state index is 0. The zero-order valence-electron chi connectivity index (χ0n) is 8.37. The zero-order chi connectivity index (χ0) is 9.97. The zero-order valence-corrected chi connectivity index (χ0v) is 10.8. The van der Waals surface area contributed by atoms with Crippen LogP contribution in [0.4, 0.5) is 0 Å². The number of phenolic OH excluding ortho intramolecular Hbond substituents is 1. The molecule has 15 heavy (non-hydrogen) atoms. The molecule has 1 heterocycles. The first-order valence-corrected chi connectivity index (χ1v) is 5.78. The number of piperidine rings is 1. The molecule has 1 aromatic carbocycles. The monoisotopic (exact) mass is 291 g/mol. The maximum Gasteiger partial charge on any atom is 0.120 e. The number of hydrogen-bond donors (Lipinski definition) is 2. The van der Waals surface area contributed by atoms with E-state index in [4.69, 9.17) is 0 Å². The van der Waals surface area contributed by atoms with Crippen LogP contribution in [0.5, 0.6) is 5.75 Å². The molecule has 2 nitrogen and oxygen atoms in total. The molecule has 1 aliphatic heterocycles. The normalized spacial score (nSPS) is 20.7. The van der Waals surface area contributed by atoms with E-state index in [0.29, 0.717) is 11.8 Å². The highest BCUT2D eigenvalue weighted by atomic mass is 79.9. The van der Waals surface area contributed by atoms with Crippen LogP contribution in [0.25, 0.3) is 0 Å². The van der Waals surface area contributed by atoms with Crippen LogP contribution in [0.2, 0.25) is 0 Å². The second-order valence-corrected chi connectivity index (χ2v) is 4.62. The Kier molecular flexibility index (Phi) is 4.90. The summed E-state index contributed by atoms with van der Waals surface area (Å²) in [5.74, 6) is 0.396. The van der Waals surface area contributed by atoms with Crippen LogP contribution in [0, 0.1) is 0 Å². The predicted molar refractivity (Wildman–Crippen MR) is 67.6 cm³/mol. The highest BCUT2D eigenvalue weighted by molar-refractivity contribution is 9.10. The topological polar surface area (TPSA) is 32.3 Å². The van der Waals surface area contributed by atoms with E-state index >= 15 is 0 Å². The molecule has 2 rings (SSSR count). The fourth-order valence-corrected chi connectivity index (χ4v) is 2.30. The lowest BCUT2D eigenvalue weighted by molar-refractivity contribution is 0.391. The molecular formula is C11H15BrClNO. The summed E-state index contributed by atoms with van der Waals surface area (Å²) in [5, 5.41) is 13.1. The number of phenols is 1. The first-order chi connectivity index (χ1) is 6.77. The Labute approximate surface area is 105 Å². The van der Waals surface area contributed by atoms with Crippen molar-refractivity contribution in [3.63, 3.8) is 0 Å². The molecule has 0 amide bonds. The van der Waals surface area contributed by atoms with Crippen molar-refractivity contribution in [2.45, 2.75) is 25.3 Å². The third-order valence-corrected chi connectivity index (χ3v) is 3.17. The van der Waals surface area contributed by atoms with Gasteiger partial charge in [0.15, 0.2) is 0 Å². The van der Waals surface area contributed by atoms with Crippen molar-refractivity contribution in [2.75, 3.05) is 6.54 Å². The van der Waals surface area contributed by atoms with Crippen LogP contribution in [0.3, 0.4) is 0 Å². The Morgan fingerprint density at radius 3 is 2.80 bits per heavy atom. The van der Waals surface area contributed by atoms with Crippen LogP contribution >= 0.6 is 28.3 Å². The molecule has 0 aliphatic carbocycles. The number of aromatic hydroxyl groups is 1. The summed E-state index contributed by atoms with van der Waals surface area (Å²) in [6.45, 7) is 1.05. The van der Waals surface area contributed by atoms with E-state index in [2.05, 4.69) is 21.2 Å². The van der Waals surface area contributed by atoms with Gasteiger partial charge in [-0.05, 0) is 37.6 Å². The van der Waals surface area contributed by atoms with Crippen molar-refractivity contribution < 1.29 is 5.11 Å². The quantitative estimate of drug-likeness (QED) is 0.831. The number of nitrogens with one attached hydrogen (secondary N) is 1. The van der Waals surface area contributed by atoms with Gasteiger partial charge in [-0.3, -0.25) is 0 Å². The first kappa shape index (κ1) is 12.8. The van der Waals surface area contributed by atoms with Crippen LogP contribution in [0.1, 0.15) is 30.9 Å². The molecule has 1 atom stereocenters. The van der Waals surface area contributed by atoms with Gasteiger partial charge in [-0.15, -0.1) is 12.4 Å². The van der Waals surface area contributed by atoms with Gasteiger partial charge in [0.2, 0.25) is 0 Å². The van der Waals surface area contributed by atoms with Crippen molar-refractivity contribution >= 4 is 28.3 Å². The van der Waals surface area contributed by atoms with Gasteiger partial charge in [0, 0.05) is 16.1 Å². The number of benzene rings is 1. The van der Waals surface area contributed by atoms with Gasteiger partial charge in [0.05, 0.1) is 0 Å². The third kappa shape index (κ3) is 3.10. The van der Waals surface area contributed by atoms with Crippen molar-refractivity contribution in [2.24, 2.45) is 0 Å². The van der Waals surface area contributed by atoms with E-state index in [1.165, 1.54) is 12.8 Å². The lowest BCUT2D eigenvalue weighted by Crippen LogP contribution is -2.26. The van der Waals surface area contributed by atoms with Crippen LogP contribution in [-0.2, 0) is 0 Å². The molecule has 0 radical (unpaired) electrons. The highest BCUT2D eigenvalue weighted by Gasteiger charge is 2.17. The fraction of sp³-hybridized carbons (Fsp3) is 0.455. The summed E-state index contributed by atoms with van der Waals surface area (Å²) in [4.78, 5) is 0. The van der Waals surface area contributed by atoms with Crippen molar-refractivity contribution in [1.82, 2.24) is 5.32 Å². The lowest BCUT2D eigenvalue weighted by atomic mass is 9.97. The number of rotatable bonds is 1. The van der Waals surface area contributed by atoms with Crippen LogP contribution in [0.15, 0.2) is 22.7 Å². The molecule has 0 spiro atoms. The van der Waals surface area contributed by atoms with Crippen molar-refractivity contribution in [3.05, 3.63) is 28.2 Å². The molecule has 1 fully saturated rings. The fourth-order valence-electron chi connectivity index (χ4n) is 1.92. The van der Waals surface area contributed by atoms with Crippen molar-refractivity contribution in [1.29, 1.82) is 0 Å². The Hall–Kier alpha value is -0.250. The third-order valence-electron chi connectivity index (χ3n) is 2.68. The van der Waals surface area contributed by atoms with Gasteiger partial charge < -0.3 is 10.4 Å². The predicted octanol–water partition coefficient (Wildman–Crippen LogP) is 3.39. The lowest BCUT2D eigenvalue weighted by Gasteiger charge is -2.24. The number of hydrogen-bond acceptors (Lipinski definition) is 2. The number of halogens is 2. The first-order valence-electron chi connectivity index (χ1n) is 4.99. The maximum absolute atomic E-state index is 9.73. The molecule has 0 unspecified atom stereocenters. The molecule has 0 bridgehead atoms. The van der Waals surface area contributed by atoms with E-state index in [1.807, 2.05) is 12.1 Å². The molecular weight excluding hydrogens is 277 g/mol. The summed E-state index contributed by atoms with van der Waals surface area (Å²) >= 11 is 3.42. The largest absolute Gasteiger partial charge is 0.508 e. The summed E-state index contributed by atoms with van der Waals surface area (Å²) in [5.41, 5.74) is 1.01. The van der Waals surface area contributed by atoms with E-state index < -0.39 is 0 Å². The Bertz CT molecular complexity index is 326. The molecule has 84 valence electrons. The second kappa shape index (κ2) is 5.73. The Morgan fingerprint density at radius 2 is 2.13 bits per heavy atom. The molecule has 2 N–H and O–H groups in total. The molecule has 1 aliphatic rings. The average Bonchev–Trinajstić information content (AvgIpc) is 2.23. The van der Waals surface area contributed by atoms with E-state index in [9.17, 15) is 5.11 Å². The minimum atomic E-state index is 0. The van der Waals surface area contributed by atoms with Gasteiger partial charge in [-0.1, -0.05) is 22.4 Å². The van der Waals surface area contributed by atoms with E-state index in [1.54, 1.807) is 6.07 Å². The highest BCUT2D eigenvalue weighted by Crippen LogP contribution is 2.31. The van der Waals surface area contributed by atoms with Crippen LogP contribution in [-0.4, -0.2) is 11.7 Å². The Balaban J connectivity index is 0.00000112. The Morgan fingerprint density at radius 1 is 1.33 bits per heavy atom. The minimum Gasteiger partial charge on any atom is -0.508 e. The van der Waals surface area contributed by atoms with Crippen molar-refractivity contribution in [3.8, 4) is 5.75 Å². The smallest absolute Gasteiger partial charge is 0.120 e. The molecule has 1 saturated heterocycles. The van der Waals surface area contributed by atoms with Gasteiger partial charge in [-0.25, -0.2) is 0 Å². The average molecular weight is 293 g/mol. The maximum atomic E-state index is 9.73. The van der Waals surface area contributed by atoms with E-state index in [-0.39, 0.29) is 12.4 Å². The summed E-state index contributed by atoms with van der Waals surface area (Å²) in [6.07, 6.45) is 3.60. The molecule has 0 saturated carbocycles. The standard InChI is InChI=1S/C11H14BrNO.ClH/c12-8-4-5-11(14)9(7-8)10-3-1-2-6-13-10;/h4-5,7,10,13-14H,1-3,6H2;1H/t10-;/m0./s1. The SMILES string of the molecule is Cl.Oc1ccc(Br)cc1[C@@H]1CCCCN1. The van der Waals surface area contributed by atoms with E-state index in [0.717, 1.165) is 23.0 Å². The molecule has 0 aromatic heterocycles. The second-order valence-electron chi connectivity index (χ2n) is 3.71. The summed E-state index contributed by atoms with van der Waals surface area (Å²) in [7, 11) is 0. The summed E-state index contributed by atoms with van der Waals surface area (Å²) < 4.78 is 1.03. The van der Waals surface area contributed by atoms with Gasteiger partial charge in [0.25, 0.3) is 0 Å². The summed E-state index contributed by atoms with van der Waals surface area (Å²) in [6, 6.07) is 5.93. The van der Waals surface area contributed by atoms with Gasteiger partial charge in [0.1, 0.15) is 5.75 Å². The van der Waals surface area contributed by atoms with Gasteiger partial charge >= 0.3 is 0 Å². The van der Waals surface area contributed by atoms with Crippen LogP contribution < -0.4 is 5.32 Å².